The van der Waals surface area contributed by atoms with Gasteiger partial charge < -0.3 is 24.8 Å². The number of fused-ring (bicyclic) bond motifs is 1. The number of halogens is 3. The molecule has 0 saturated carbocycles. The summed E-state index contributed by atoms with van der Waals surface area (Å²) in [6.45, 7) is 3.19. The quantitative estimate of drug-likeness (QED) is 0.402. The van der Waals surface area contributed by atoms with E-state index in [1.165, 1.54) is 30.0 Å². The van der Waals surface area contributed by atoms with Crippen LogP contribution in [0.5, 0.6) is 5.75 Å². The molecule has 0 aliphatic carbocycles. The van der Waals surface area contributed by atoms with E-state index in [2.05, 4.69) is 41.3 Å². The smallest absolute Gasteiger partial charge is 0.406 e. The second kappa shape index (κ2) is 11.4. The highest BCUT2D eigenvalue weighted by molar-refractivity contribution is 7.90. The fourth-order valence-electron chi connectivity index (χ4n) is 4.92. The van der Waals surface area contributed by atoms with Crippen LogP contribution in [0.2, 0.25) is 0 Å². The van der Waals surface area contributed by atoms with Gasteiger partial charge in [0, 0.05) is 47.7 Å². The highest BCUT2D eigenvalue weighted by atomic mass is 32.2. The average Bonchev–Trinajstić information content (AvgIpc) is 3.24. The largest absolute Gasteiger partial charge is 0.495 e. The van der Waals surface area contributed by atoms with E-state index in [4.69, 9.17) is 4.74 Å². The van der Waals surface area contributed by atoms with Gasteiger partial charge in [-0.1, -0.05) is 18.8 Å². The Kier molecular flexibility index (Phi) is 8.37. The maximum Gasteiger partial charge on any atom is 0.406 e. The summed E-state index contributed by atoms with van der Waals surface area (Å²) in [6, 6.07) is 10.0. The lowest BCUT2D eigenvalue weighted by atomic mass is 9.93. The van der Waals surface area contributed by atoms with Crippen LogP contribution in [0.25, 0.3) is 10.9 Å². The molecule has 1 aliphatic heterocycles. The van der Waals surface area contributed by atoms with Crippen LogP contribution in [0.4, 0.5) is 24.5 Å². The van der Waals surface area contributed by atoms with E-state index in [1.807, 2.05) is 6.07 Å². The van der Waals surface area contributed by atoms with Crippen molar-refractivity contribution < 1.29 is 26.3 Å². The van der Waals surface area contributed by atoms with Gasteiger partial charge in [0.15, 0.2) is 9.84 Å². The molecular formula is C28H33F3N4O3S. The van der Waals surface area contributed by atoms with Crippen LogP contribution in [0, 0.1) is 17.8 Å². The van der Waals surface area contributed by atoms with Crippen LogP contribution in [-0.2, 0) is 16.4 Å². The van der Waals surface area contributed by atoms with Gasteiger partial charge in [0.2, 0.25) is 0 Å². The van der Waals surface area contributed by atoms with Crippen molar-refractivity contribution in [2.45, 2.75) is 37.0 Å². The van der Waals surface area contributed by atoms with Crippen LogP contribution in [0.3, 0.4) is 0 Å². The van der Waals surface area contributed by atoms with Gasteiger partial charge in [-0.3, -0.25) is 0 Å². The molecule has 11 heteroatoms. The monoisotopic (exact) mass is 562 g/mol. The van der Waals surface area contributed by atoms with Gasteiger partial charge >= 0.3 is 6.18 Å². The molecule has 1 aliphatic rings. The molecule has 1 unspecified atom stereocenters. The number of nitrogens with zero attached hydrogens (tertiary/aromatic N) is 2. The van der Waals surface area contributed by atoms with Gasteiger partial charge in [-0.2, -0.15) is 13.2 Å². The fraction of sp³-hybridized carbons (Fsp3) is 0.429. The molecule has 0 bridgehead atoms. The summed E-state index contributed by atoms with van der Waals surface area (Å²) in [6.07, 6.45) is -0.826. The number of alkyl halides is 3. The Morgan fingerprint density at radius 1 is 1.15 bits per heavy atom. The second-order valence-corrected chi connectivity index (χ2v) is 12.1. The third kappa shape index (κ3) is 7.19. The Balaban J connectivity index is 1.60. The number of anilines is 2. The van der Waals surface area contributed by atoms with Crippen molar-refractivity contribution in [3.63, 3.8) is 0 Å². The van der Waals surface area contributed by atoms with Crippen molar-refractivity contribution >= 4 is 32.1 Å². The lowest BCUT2D eigenvalue weighted by Crippen LogP contribution is -2.43. The van der Waals surface area contributed by atoms with Crippen LogP contribution in [-0.4, -0.2) is 70.2 Å². The first-order valence-electron chi connectivity index (χ1n) is 12.6. The number of aromatic nitrogens is 1. The van der Waals surface area contributed by atoms with Crippen molar-refractivity contribution in [2.24, 2.45) is 5.92 Å². The number of hydrogen-bond acceptors (Lipinski definition) is 6. The first-order chi connectivity index (χ1) is 18.3. The average molecular weight is 563 g/mol. The van der Waals surface area contributed by atoms with Crippen molar-refractivity contribution in [1.82, 2.24) is 9.47 Å². The van der Waals surface area contributed by atoms with Gasteiger partial charge in [-0.15, -0.1) is 0 Å². The zero-order valence-electron chi connectivity index (χ0n) is 22.4. The molecule has 0 amide bonds. The Hall–Kier alpha value is -3.36. The number of likely N-dealkylation sites (tertiary alicyclic amines) is 1. The molecule has 1 aromatic heterocycles. The summed E-state index contributed by atoms with van der Waals surface area (Å²) < 4.78 is 69.9. The number of sulfone groups is 1. The minimum absolute atomic E-state index is 0.144. The van der Waals surface area contributed by atoms with Gasteiger partial charge in [0.25, 0.3) is 0 Å². The van der Waals surface area contributed by atoms with E-state index in [-0.39, 0.29) is 17.5 Å². The predicted molar refractivity (Wildman–Crippen MR) is 148 cm³/mol. The molecule has 39 heavy (non-hydrogen) atoms. The van der Waals surface area contributed by atoms with Crippen LogP contribution in [0.1, 0.15) is 18.9 Å². The zero-order valence-corrected chi connectivity index (χ0v) is 23.2. The van der Waals surface area contributed by atoms with Crippen LogP contribution >= 0.6 is 0 Å². The molecule has 2 aromatic carbocycles. The molecule has 3 aromatic rings. The van der Waals surface area contributed by atoms with Crippen molar-refractivity contribution in [3.05, 3.63) is 48.2 Å². The van der Waals surface area contributed by atoms with E-state index < -0.39 is 22.6 Å². The predicted octanol–water partition coefficient (Wildman–Crippen LogP) is 4.83. The topological polar surface area (TPSA) is 75.6 Å². The highest BCUT2D eigenvalue weighted by Crippen LogP contribution is 2.32. The minimum Gasteiger partial charge on any atom is -0.495 e. The highest BCUT2D eigenvalue weighted by Gasteiger charge is 2.29. The summed E-state index contributed by atoms with van der Waals surface area (Å²) in [5, 5.41) is 7.43. The van der Waals surface area contributed by atoms with Gasteiger partial charge in [0.1, 0.15) is 12.3 Å². The van der Waals surface area contributed by atoms with E-state index in [0.29, 0.717) is 28.4 Å². The van der Waals surface area contributed by atoms with Crippen molar-refractivity contribution in [2.75, 3.05) is 50.7 Å². The van der Waals surface area contributed by atoms with Gasteiger partial charge in [0.05, 0.1) is 29.8 Å². The summed E-state index contributed by atoms with van der Waals surface area (Å²) in [4.78, 5) is 2.42. The Morgan fingerprint density at radius 2 is 1.92 bits per heavy atom. The molecule has 2 atom stereocenters. The van der Waals surface area contributed by atoms with E-state index in [1.54, 1.807) is 18.2 Å². The number of piperidine rings is 1. The first kappa shape index (κ1) is 28.6. The second-order valence-electron chi connectivity index (χ2n) is 10.1. The molecule has 2 heterocycles. The summed E-state index contributed by atoms with van der Waals surface area (Å²) in [5.74, 6) is 6.82. The molecule has 0 spiro atoms. The molecule has 1 saturated heterocycles. The third-order valence-corrected chi connectivity index (χ3v) is 8.00. The van der Waals surface area contributed by atoms with Crippen molar-refractivity contribution in [3.8, 4) is 17.6 Å². The third-order valence-electron chi connectivity index (χ3n) is 6.89. The molecule has 210 valence electrons. The number of methoxy groups -OCH3 is 1. The SMILES string of the molecule is COc1cc(S(C)(=O)=O)ccc1NCC#Cc1cc(NC2CCN(C)C[C@@H]2C)c2ccn(CC(F)(F)F)c2c1. The molecular weight excluding hydrogens is 529 g/mol. The number of hydrogen-bond donors (Lipinski definition) is 2. The van der Waals surface area contributed by atoms with Crippen molar-refractivity contribution in [1.29, 1.82) is 0 Å². The summed E-state index contributed by atoms with van der Waals surface area (Å²) in [7, 11) is 0.154. The number of rotatable bonds is 7. The molecule has 7 nitrogen and oxygen atoms in total. The van der Waals surface area contributed by atoms with E-state index in [9.17, 15) is 21.6 Å². The summed E-state index contributed by atoms with van der Waals surface area (Å²) >= 11 is 0. The normalized spacial score (nSPS) is 18.4. The lowest BCUT2D eigenvalue weighted by Gasteiger charge is -2.36. The standard InChI is InChI=1S/C28H33F3N4O3S/c1-19-17-34(2)12-10-23(19)33-25-14-20(15-26-22(25)9-13-35(26)18-28(29,30)31)6-5-11-32-24-8-7-21(39(4,36)37)16-27(24)38-3/h7-9,13-16,19,23,32-33H,10-12,17-18H2,1-4H3/t19-,23?/m0/s1. The zero-order chi connectivity index (χ0) is 28.4. The number of nitrogens with one attached hydrogen (secondary N) is 2. The van der Waals surface area contributed by atoms with Crippen LogP contribution < -0.4 is 15.4 Å². The molecule has 2 N–H and O–H groups in total. The van der Waals surface area contributed by atoms with E-state index >= 15 is 0 Å². The first-order valence-corrected chi connectivity index (χ1v) is 14.5. The van der Waals surface area contributed by atoms with Crippen LogP contribution in [0.15, 0.2) is 47.5 Å². The minimum atomic E-state index is -4.35. The number of ether oxygens (including phenoxy) is 1. The molecule has 1 fully saturated rings. The Bertz CT molecular complexity index is 1510. The maximum atomic E-state index is 13.2. The molecule has 0 radical (unpaired) electrons. The van der Waals surface area contributed by atoms with Gasteiger partial charge in [-0.25, -0.2) is 8.42 Å². The summed E-state index contributed by atoms with van der Waals surface area (Å²) in [5.41, 5.74) is 2.40. The van der Waals surface area contributed by atoms with Gasteiger partial charge in [-0.05, 0) is 56.3 Å². The molecule has 4 rings (SSSR count). The van der Waals surface area contributed by atoms with E-state index in [0.717, 1.165) is 36.8 Å². The lowest BCUT2D eigenvalue weighted by molar-refractivity contribution is -0.139. The fourth-order valence-corrected chi connectivity index (χ4v) is 5.56. The maximum absolute atomic E-state index is 13.2. The Morgan fingerprint density at radius 3 is 2.59 bits per heavy atom. The Labute approximate surface area is 227 Å². The number of benzene rings is 2.